The van der Waals surface area contributed by atoms with Gasteiger partial charge < -0.3 is 10.1 Å². The third-order valence-electron chi connectivity index (χ3n) is 1.83. The standard InChI is InChI=1S/C7H10N2O4/c1-9-6(11)4(8-7(9)12)3-5(10)13-2/h4H,3H2,1-2H3,(H,8,12). The topological polar surface area (TPSA) is 75.7 Å². The van der Waals surface area contributed by atoms with Crippen molar-refractivity contribution < 1.29 is 19.1 Å². The van der Waals surface area contributed by atoms with Crippen molar-refractivity contribution in [3.63, 3.8) is 0 Å². The summed E-state index contributed by atoms with van der Waals surface area (Å²) in [7, 11) is 2.59. The highest BCUT2D eigenvalue weighted by Crippen LogP contribution is 2.07. The Morgan fingerprint density at radius 2 is 2.23 bits per heavy atom. The number of imide groups is 1. The summed E-state index contributed by atoms with van der Waals surface area (Å²) in [6, 6.07) is -1.26. The number of rotatable bonds is 2. The molecule has 1 heterocycles. The molecule has 0 aromatic heterocycles. The summed E-state index contributed by atoms with van der Waals surface area (Å²) < 4.78 is 4.37. The summed E-state index contributed by atoms with van der Waals surface area (Å²) in [5.41, 5.74) is 0. The third kappa shape index (κ3) is 1.77. The van der Waals surface area contributed by atoms with Gasteiger partial charge in [-0.05, 0) is 0 Å². The van der Waals surface area contributed by atoms with Crippen LogP contribution in [0.2, 0.25) is 0 Å². The van der Waals surface area contributed by atoms with E-state index in [4.69, 9.17) is 0 Å². The lowest BCUT2D eigenvalue weighted by molar-refractivity contribution is -0.143. The average Bonchev–Trinajstić information content (AvgIpc) is 2.34. The first-order chi connectivity index (χ1) is 6.06. The zero-order chi connectivity index (χ0) is 10.0. The van der Waals surface area contributed by atoms with E-state index in [0.717, 1.165) is 4.90 Å². The Morgan fingerprint density at radius 1 is 1.62 bits per heavy atom. The number of carbonyl (C=O) groups is 3. The summed E-state index contributed by atoms with van der Waals surface area (Å²) in [6.07, 6.45) is -0.120. The molecule has 6 nitrogen and oxygen atoms in total. The smallest absolute Gasteiger partial charge is 0.324 e. The molecule has 0 aromatic rings. The molecule has 0 aliphatic carbocycles. The molecule has 1 aliphatic heterocycles. The molecule has 1 fully saturated rings. The predicted molar refractivity (Wildman–Crippen MR) is 41.7 cm³/mol. The average molecular weight is 186 g/mol. The van der Waals surface area contributed by atoms with Crippen molar-refractivity contribution in [2.75, 3.05) is 14.2 Å². The van der Waals surface area contributed by atoms with Gasteiger partial charge in [-0.15, -0.1) is 0 Å². The van der Waals surface area contributed by atoms with Gasteiger partial charge in [0.05, 0.1) is 13.5 Å². The van der Waals surface area contributed by atoms with E-state index in [0.29, 0.717) is 0 Å². The number of carbonyl (C=O) groups excluding carboxylic acids is 3. The van der Waals surface area contributed by atoms with E-state index in [9.17, 15) is 14.4 Å². The van der Waals surface area contributed by atoms with Crippen LogP contribution in [-0.4, -0.2) is 43.0 Å². The highest BCUT2D eigenvalue weighted by Gasteiger charge is 2.36. The van der Waals surface area contributed by atoms with Crippen LogP contribution in [0.1, 0.15) is 6.42 Å². The van der Waals surface area contributed by atoms with Gasteiger partial charge in [0.2, 0.25) is 0 Å². The molecule has 1 rings (SSSR count). The lowest BCUT2D eigenvalue weighted by atomic mass is 10.2. The number of urea groups is 1. The second-order valence-corrected chi connectivity index (χ2v) is 2.68. The Kier molecular flexibility index (Phi) is 2.50. The largest absolute Gasteiger partial charge is 0.469 e. The van der Waals surface area contributed by atoms with Gasteiger partial charge in [-0.25, -0.2) is 4.79 Å². The number of nitrogens with zero attached hydrogens (tertiary/aromatic N) is 1. The van der Waals surface area contributed by atoms with Gasteiger partial charge in [-0.3, -0.25) is 14.5 Å². The summed E-state index contributed by atoms with van der Waals surface area (Å²) in [5.74, 6) is -0.927. The van der Waals surface area contributed by atoms with Crippen molar-refractivity contribution in [1.82, 2.24) is 10.2 Å². The van der Waals surface area contributed by atoms with Crippen molar-refractivity contribution >= 4 is 17.9 Å². The maximum absolute atomic E-state index is 11.2. The summed E-state index contributed by atoms with van der Waals surface area (Å²) in [4.78, 5) is 33.8. The minimum atomic E-state index is -0.773. The van der Waals surface area contributed by atoms with Crippen molar-refractivity contribution in [2.45, 2.75) is 12.5 Å². The van der Waals surface area contributed by atoms with Crippen LogP contribution in [0.15, 0.2) is 0 Å². The minimum absolute atomic E-state index is 0.120. The summed E-state index contributed by atoms with van der Waals surface area (Å²) in [6.45, 7) is 0. The molecule has 72 valence electrons. The van der Waals surface area contributed by atoms with Gasteiger partial charge in [-0.1, -0.05) is 0 Å². The molecule has 0 bridgehead atoms. The fourth-order valence-electron chi connectivity index (χ4n) is 1.03. The molecule has 13 heavy (non-hydrogen) atoms. The first-order valence-electron chi connectivity index (χ1n) is 3.71. The van der Waals surface area contributed by atoms with E-state index in [2.05, 4.69) is 10.1 Å². The Balaban J connectivity index is 2.59. The number of hydrogen-bond acceptors (Lipinski definition) is 4. The quantitative estimate of drug-likeness (QED) is 0.448. The van der Waals surface area contributed by atoms with Crippen LogP contribution in [0, 0.1) is 0 Å². The number of methoxy groups -OCH3 is 1. The van der Waals surface area contributed by atoms with Crippen LogP contribution in [0.5, 0.6) is 0 Å². The lowest BCUT2D eigenvalue weighted by Gasteiger charge is -2.05. The van der Waals surface area contributed by atoms with Gasteiger partial charge in [-0.2, -0.15) is 0 Å². The first-order valence-corrected chi connectivity index (χ1v) is 3.71. The van der Waals surface area contributed by atoms with E-state index < -0.39 is 23.9 Å². The molecule has 0 aromatic carbocycles. The Morgan fingerprint density at radius 3 is 2.62 bits per heavy atom. The maximum atomic E-state index is 11.2. The number of hydrogen-bond donors (Lipinski definition) is 1. The number of nitrogens with one attached hydrogen (secondary N) is 1. The monoisotopic (exact) mass is 186 g/mol. The zero-order valence-corrected chi connectivity index (χ0v) is 7.36. The third-order valence-corrected chi connectivity index (χ3v) is 1.83. The second kappa shape index (κ2) is 3.42. The van der Waals surface area contributed by atoms with Crippen molar-refractivity contribution in [3.05, 3.63) is 0 Å². The van der Waals surface area contributed by atoms with Crippen molar-refractivity contribution in [3.8, 4) is 0 Å². The normalized spacial score (nSPS) is 21.7. The van der Waals surface area contributed by atoms with Gasteiger partial charge in [0.15, 0.2) is 0 Å². The van der Waals surface area contributed by atoms with Crippen LogP contribution >= 0.6 is 0 Å². The van der Waals surface area contributed by atoms with E-state index in [1.807, 2.05) is 0 Å². The van der Waals surface area contributed by atoms with E-state index in [1.54, 1.807) is 0 Å². The molecule has 1 aliphatic rings. The first kappa shape index (κ1) is 9.50. The van der Waals surface area contributed by atoms with Crippen LogP contribution in [0.3, 0.4) is 0 Å². The molecule has 1 saturated heterocycles. The fraction of sp³-hybridized carbons (Fsp3) is 0.571. The number of ether oxygens (including phenoxy) is 1. The SMILES string of the molecule is COC(=O)CC1NC(=O)N(C)C1=O. The predicted octanol–water partition coefficient (Wildman–Crippen LogP) is -0.900. The van der Waals surface area contributed by atoms with Crippen molar-refractivity contribution in [1.29, 1.82) is 0 Å². The number of esters is 1. The summed E-state index contributed by atoms with van der Waals surface area (Å²) >= 11 is 0. The van der Waals surface area contributed by atoms with E-state index in [-0.39, 0.29) is 6.42 Å². The fourth-order valence-corrected chi connectivity index (χ4v) is 1.03. The van der Waals surface area contributed by atoms with Crippen LogP contribution in [-0.2, 0) is 14.3 Å². The molecule has 0 saturated carbocycles. The van der Waals surface area contributed by atoms with E-state index in [1.165, 1.54) is 14.2 Å². The minimum Gasteiger partial charge on any atom is -0.469 e. The molecular formula is C7H10N2O4. The Bertz CT molecular complexity index is 263. The van der Waals surface area contributed by atoms with Gasteiger partial charge in [0.25, 0.3) is 5.91 Å². The molecule has 6 heteroatoms. The molecule has 3 amide bonds. The maximum Gasteiger partial charge on any atom is 0.324 e. The molecular weight excluding hydrogens is 176 g/mol. The molecule has 0 spiro atoms. The van der Waals surface area contributed by atoms with Gasteiger partial charge in [0, 0.05) is 7.05 Å². The molecule has 1 unspecified atom stereocenters. The molecule has 0 radical (unpaired) electrons. The van der Waals surface area contributed by atoms with E-state index >= 15 is 0 Å². The molecule has 1 atom stereocenters. The van der Waals surface area contributed by atoms with Gasteiger partial charge in [0.1, 0.15) is 6.04 Å². The van der Waals surface area contributed by atoms with Crippen LogP contribution < -0.4 is 5.32 Å². The highest BCUT2D eigenvalue weighted by molar-refractivity contribution is 6.05. The van der Waals surface area contributed by atoms with Crippen LogP contribution in [0.25, 0.3) is 0 Å². The van der Waals surface area contributed by atoms with Gasteiger partial charge >= 0.3 is 12.0 Å². The Labute approximate surface area is 74.8 Å². The lowest BCUT2D eigenvalue weighted by Crippen LogP contribution is -2.31. The molecule has 1 N–H and O–H groups in total. The second-order valence-electron chi connectivity index (χ2n) is 2.68. The number of likely N-dealkylation sites (N-methyl/N-ethyl adjacent to an activating group) is 1. The van der Waals surface area contributed by atoms with Crippen molar-refractivity contribution in [2.24, 2.45) is 0 Å². The Hall–Kier alpha value is -1.59. The zero-order valence-electron chi connectivity index (χ0n) is 7.36. The number of amides is 3. The summed E-state index contributed by atoms with van der Waals surface area (Å²) in [5, 5.41) is 2.36. The highest BCUT2D eigenvalue weighted by atomic mass is 16.5. The van der Waals surface area contributed by atoms with Crippen LogP contribution in [0.4, 0.5) is 4.79 Å².